The van der Waals surface area contributed by atoms with Gasteiger partial charge in [-0.15, -0.1) is 0 Å². The lowest BCUT2D eigenvalue weighted by molar-refractivity contribution is 0.0733. The van der Waals surface area contributed by atoms with Crippen LogP contribution in [0.3, 0.4) is 0 Å². The molecule has 0 radical (unpaired) electrons. The maximum Gasteiger partial charge on any atom is 0.301 e. The van der Waals surface area contributed by atoms with Gasteiger partial charge in [0, 0.05) is 13.1 Å². The summed E-state index contributed by atoms with van der Waals surface area (Å²) in [6.45, 7) is 1.29. The van der Waals surface area contributed by atoms with Crippen LogP contribution in [-0.4, -0.2) is 46.1 Å². The van der Waals surface area contributed by atoms with Gasteiger partial charge in [-0.05, 0) is 12.1 Å². The summed E-state index contributed by atoms with van der Waals surface area (Å²) in [4.78, 5) is 0. The van der Waals surface area contributed by atoms with Crippen molar-refractivity contribution in [1.29, 1.82) is 5.26 Å². The number of ether oxygens (including phenoxy) is 2. The fourth-order valence-electron chi connectivity index (χ4n) is 1.88. The van der Waals surface area contributed by atoms with Crippen LogP contribution in [0.2, 0.25) is 0 Å². The van der Waals surface area contributed by atoms with Gasteiger partial charge in [0.2, 0.25) is 0 Å². The highest BCUT2D eigenvalue weighted by Crippen LogP contribution is 2.29. The number of benzene rings is 1. The molecule has 0 amide bonds. The third-order valence-corrected chi connectivity index (χ3v) is 4.41. The number of hydrogen-bond acceptors (Lipinski definition) is 5. The van der Waals surface area contributed by atoms with Crippen molar-refractivity contribution in [2.75, 3.05) is 38.1 Å². The second-order valence-electron chi connectivity index (χ2n) is 4.11. The number of hydrogen-bond donors (Lipinski definition) is 1. The molecule has 0 aromatic heterocycles. The van der Waals surface area contributed by atoms with E-state index in [1.54, 1.807) is 12.1 Å². The van der Waals surface area contributed by atoms with Crippen molar-refractivity contribution in [3.63, 3.8) is 0 Å². The van der Waals surface area contributed by atoms with Gasteiger partial charge in [0.1, 0.15) is 17.5 Å². The molecule has 8 heteroatoms. The van der Waals surface area contributed by atoms with Crippen LogP contribution in [0.4, 0.5) is 5.69 Å². The number of nitrogens with zero attached hydrogens (tertiary/aromatic N) is 2. The van der Waals surface area contributed by atoms with Crippen molar-refractivity contribution < 1.29 is 17.9 Å². The number of nitriles is 1. The summed E-state index contributed by atoms with van der Waals surface area (Å²) >= 11 is 0. The number of morpholine rings is 1. The molecule has 1 heterocycles. The number of anilines is 1. The highest BCUT2D eigenvalue weighted by Gasteiger charge is 2.26. The molecule has 1 aromatic rings. The summed E-state index contributed by atoms with van der Waals surface area (Å²) < 4.78 is 38.5. The zero-order valence-corrected chi connectivity index (χ0v) is 11.8. The Morgan fingerprint density at radius 3 is 2.70 bits per heavy atom. The lowest BCUT2D eigenvalue weighted by Gasteiger charge is -2.26. The van der Waals surface area contributed by atoms with Crippen LogP contribution in [-0.2, 0) is 14.9 Å². The number of para-hydroxylation sites is 1. The maximum atomic E-state index is 12.3. The molecule has 0 unspecified atom stereocenters. The van der Waals surface area contributed by atoms with Crippen LogP contribution in [0.1, 0.15) is 5.56 Å². The molecule has 1 aliphatic heterocycles. The summed E-state index contributed by atoms with van der Waals surface area (Å²) in [5, 5.41) is 9.07. The molecule has 1 fully saturated rings. The molecule has 1 aliphatic rings. The summed E-state index contributed by atoms with van der Waals surface area (Å²) in [6.07, 6.45) is 0. The second kappa shape index (κ2) is 6.09. The normalized spacial score (nSPS) is 16.4. The third kappa shape index (κ3) is 3.01. The second-order valence-corrected chi connectivity index (χ2v) is 5.78. The van der Waals surface area contributed by atoms with E-state index < -0.39 is 10.2 Å². The van der Waals surface area contributed by atoms with Crippen LogP contribution < -0.4 is 9.46 Å². The van der Waals surface area contributed by atoms with Crippen LogP contribution >= 0.6 is 0 Å². The maximum absolute atomic E-state index is 12.3. The highest BCUT2D eigenvalue weighted by atomic mass is 32.2. The summed E-state index contributed by atoms with van der Waals surface area (Å²) in [7, 11) is -2.31. The molecule has 108 valence electrons. The monoisotopic (exact) mass is 297 g/mol. The van der Waals surface area contributed by atoms with Crippen molar-refractivity contribution in [2.45, 2.75) is 0 Å². The van der Waals surface area contributed by atoms with Gasteiger partial charge in [0.15, 0.2) is 0 Å². The van der Waals surface area contributed by atoms with Gasteiger partial charge in [-0.3, -0.25) is 4.72 Å². The van der Waals surface area contributed by atoms with E-state index in [9.17, 15) is 8.42 Å². The van der Waals surface area contributed by atoms with Crippen LogP contribution in [0.25, 0.3) is 0 Å². The molecule has 1 aromatic carbocycles. The first-order valence-corrected chi connectivity index (χ1v) is 7.45. The zero-order valence-electron chi connectivity index (χ0n) is 11.0. The molecule has 1 N–H and O–H groups in total. The minimum absolute atomic E-state index is 0.156. The molecule has 0 atom stereocenters. The topological polar surface area (TPSA) is 91.7 Å². The minimum Gasteiger partial charge on any atom is -0.495 e. The van der Waals surface area contributed by atoms with Gasteiger partial charge in [0.05, 0.1) is 25.9 Å². The number of nitrogens with one attached hydrogen (secondary N) is 1. The Hall–Kier alpha value is -1.82. The minimum atomic E-state index is -3.73. The van der Waals surface area contributed by atoms with Gasteiger partial charge in [-0.2, -0.15) is 18.0 Å². The van der Waals surface area contributed by atoms with E-state index in [1.165, 1.54) is 17.5 Å². The van der Waals surface area contributed by atoms with E-state index >= 15 is 0 Å². The van der Waals surface area contributed by atoms with E-state index in [4.69, 9.17) is 14.7 Å². The zero-order chi connectivity index (χ0) is 14.6. The fraction of sp³-hybridized carbons (Fsp3) is 0.417. The van der Waals surface area contributed by atoms with Crippen LogP contribution in [0.15, 0.2) is 18.2 Å². The Morgan fingerprint density at radius 1 is 1.40 bits per heavy atom. The standard InChI is InChI=1S/C12H15N3O4S/c1-18-11-4-2-3-10(9-13)12(11)14-20(16,17)15-5-7-19-8-6-15/h2-4,14H,5-8H2,1H3. The van der Waals surface area contributed by atoms with Crippen molar-refractivity contribution in [1.82, 2.24) is 4.31 Å². The molecular weight excluding hydrogens is 282 g/mol. The Morgan fingerprint density at radius 2 is 2.10 bits per heavy atom. The highest BCUT2D eigenvalue weighted by molar-refractivity contribution is 7.90. The lowest BCUT2D eigenvalue weighted by atomic mass is 10.2. The fourth-order valence-corrected chi connectivity index (χ4v) is 3.11. The molecule has 1 saturated heterocycles. The summed E-state index contributed by atoms with van der Waals surface area (Å²) in [6, 6.07) is 6.70. The first-order valence-electron chi connectivity index (χ1n) is 6.01. The first-order chi connectivity index (χ1) is 9.58. The predicted octanol–water partition coefficient (Wildman–Crippen LogP) is 0.556. The molecule has 0 bridgehead atoms. The Labute approximate surface area is 117 Å². The SMILES string of the molecule is COc1cccc(C#N)c1NS(=O)(=O)N1CCOCC1. The van der Waals surface area contributed by atoms with Gasteiger partial charge in [0.25, 0.3) is 0 Å². The van der Waals surface area contributed by atoms with E-state index in [1.807, 2.05) is 6.07 Å². The molecular formula is C12H15N3O4S. The lowest BCUT2D eigenvalue weighted by Crippen LogP contribution is -2.43. The largest absolute Gasteiger partial charge is 0.495 e. The van der Waals surface area contributed by atoms with E-state index in [2.05, 4.69) is 4.72 Å². The van der Waals surface area contributed by atoms with E-state index in [0.717, 1.165) is 0 Å². The van der Waals surface area contributed by atoms with Crippen LogP contribution in [0, 0.1) is 11.3 Å². The first kappa shape index (κ1) is 14.6. The van der Waals surface area contributed by atoms with Crippen molar-refractivity contribution in [2.24, 2.45) is 0 Å². The van der Waals surface area contributed by atoms with Crippen molar-refractivity contribution >= 4 is 15.9 Å². The summed E-state index contributed by atoms with van der Waals surface area (Å²) in [5.74, 6) is 0.306. The number of methoxy groups -OCH3 is 1. The van der Waals surface area contributed by atoms with E-state index in [0.29, 0.717) is 19.0 Å². The van der Waals surface area contributed by atoms with Crippen molar-refractivity contribution in [3.8, 4) is 11.8 Å². The summed E-state index contributed by atoms with van der Waals surface area (Å²) in [5.41, 5.74) is 0.366. The molecule has 0 aliphatic carbocycles. The Bertz CT molecular complexity index is 618. The van der Waals surface area contributed by atoms with Gasteiger partial charge in [-0.25, -0.2) is 0 Å². The Balaban J connectivity index is 2.31. The quantitative estimate of drug-likeness (QED) is 0.876. The van der Waals surface area contributed by atoms with Crippen molar-refractivity contribution in [3.05, 3.63) is 23.8 Å². The average molecular weight is 297 g/mol. The third-order valence-electron chi connectivity index (χ3n) is 2.91. The van der Waals surface area contributed by atoms with Gasteiger partial charge in [-0.1, -0.05) is 6.07 Å². The van der Waals surface area contributed by atoms with Gasteiger partial charge >= 0.3 is 10.2 Å². The average Bonchev–Trinajstić information content (AvgIpc) is 2.48. The molecule has 7 nitrogen and oxygen atoms in total. The van der Waals surface area contributed by atoms with E-state index in [-0.39, 0.29) is 24.3 Å². The van der Waals surface area contributed by atoms with Crippen LogP contribution in [0.5, 0.6) is 5.75 Å². The van der Waals surface area contributed by atoms with Gasteiger partial charge < -0.3 is 9.47 Å². The molecule has 0 spiro atoms. The molecule has 2 rings (SSSR count). The molecule has 20 heavy (non-hydrogen) atoms. The predicted molar refractivity (Wildman–Crippen MR) is 72.6 cm³/mol. The Kier molecular flexibility index (Phi) is 4.44. The molecule has 0 saturated carbocycles. The number of rotatable bonds is 4. The smallest absolute Gasteiger partial charge is 0.301 e.